The summed E-state index contributed by atoms with van der Waals surface area (Å²) in [6, 6.07) is -12.3. The van der Waals surface area contributed by atoms with Crippen LogP contribution in [-0.4, -0.2) is 227 Å². The maximum Gasteiger partial charge on any atom is 0.246 e. The number of allylic oxidation sites excluding steroid dienone is 2. The molecule has 86 heavy (non-hydrogen) atoms. The van der Waals surface area contributed by atoms with E-state index in [1.165, 1.54) is 87.7 Å². The van der Waals surface area contributed by atoms with Crippen molar-refractivity contribution < 1.29 is 57.8 Å². The van der Waals surface area contributed by atoms with Crippen molar-refractivity contribution in [3.05, 3.63) is 12.2 Å². The van der Waals surface area contributed by atoms with E-state index in [1.54, 1.807) is 54.5 Å². The first-order valence-corrected chi connectivity index (χ1v) is 31.1. The molecule has 1 aliphatic rings. The molecule has 492 valence electrons. The molecule has 11 amide bonds. The largest absolute Gasteiger partial charge is 0.390 e. The second-order valence-electron chi connectivity index (χ2n) is 26.5. The van der Waals surface area contributed by atoms with Crippen LogP contribution >= 0.6 is 0 Å². The zero-order valence-corrected chi connectivity index (χ0v) is 56.8. The van der Waals surface area contributed by atoms with E-state index in [0.717, 1.165) is 9.80 Å². The summed E-state index contributed by atoms with van der Waals surface area (Å²) in [5.41, 5.74) is 0. The number of carbonyl (C=O) groups is 11. The maximum absolute atomic E-state index is 15.2. The lowest BCUT2D eigenvalue weighted by molar-refractivity contribution is -0.157. The monoisotopic (exact) mass is 1220 g/mol. The average molecular weight is 1220 g/mol. The SMILES string of the molecule is C/C=C/CC(C)C(O)C1C(=O)NC(CCC)C(=O)N(C)CC(=O)N(C)C(CC(C)C)C(=O)NC(C(C)C)C(=O)N(C)C(CC(C)C)C(=O)NC(C)C(=O)NC(C)C(=O)N(C)C(CC(C)C)C(=O)N(C)C(CC(C)C)C(=O)N(C)C(C(C)C)C(=O)N1C. The summed E-state index contributed by atoms with van der Waals surface area (Å²) in [5, 5.41) is 23.2. The molecule has 0 spiro atoms. The zero-order chi connectivity index (χ0) is 66.7. The fourth-order valence-electron chi connectivity index (χ4n) is 10.9. The maximum atomic E-state index is 15.2. The van der Waals surface area contributed by atoms with Crippen molar-refractivity contribution >= 4 is 65.0 Å². The lowest BCUT2D eigenvalue weighted by Gasteiger charge is -2.41. The summed E-state index contributed by atoms with van der Waals surface area (Å²) in [5.74, 6) is -9.66. The number of aliphatic hydroxyl groups excluding tert-OH is 1. The normalized spacial score (nSPS) is 26.7. The summed E-state index contributed by atoms with van der Waals surface area (Å²) in [4.78, 5) is 169. The Bertz CT molecular complexity index is 2340. The van der Waals surface area contributed by atoms with E-state index in [1.807, 2.05) is 61.5 Å². The Morgan fingerprint density at radius 1 is 0.465 bits per heavy atom. The molecule has 12 unspecified atom stereocenters. The predicted molar refractivity (Wildman–Crippen MR) is 333 cm³/mol. The van der Waals surface area contributed by atoms with Gasteiger partial charge in [0, 0.05) is 49.3 Å². The molecule has 0 bridgehead atoms. The topological polar surface area (TPSA) is 279 Å². The van der Waals surface area contributed by atoms with Crippen molar-refractivity contribution in [1.29, 1.82) is 0 Å². The summed E-state index contributed by atoms with van der Waals surface area (Å²) in [6.07, 6.45) is 3.51. The van der Waals surface area contributed by atoms with Crippen LogP contribution in [0.3, 0.4) is 0 Å². The molecule has 1 fully saturated rings. The van der Waals surface area contributed by atoms with Crippen LogP contribution in [0.2, 0.25) is 0 Å². The molecule has 23 heteroatoms. The molecular formula is C63H113N11O12. The van der Waals surface area contributed by atoms with Crippen molar-refractivity contribution in [2.24, 2.45) is 41.4 Å². The highest BCUT2D eigenvalue weighted by Gasteiger charge is 2.46. The number of carbonyl (C=O) groups excluding carboxylic acids is 11. The highest BCUT2D eigenvalue weighted by molar-refractivity contribution is 5.99. The predicted octanol–water partition coefficient (Wildman–Crippen LogP) is 3.66. The summed E-state index contributed by atoms with van der Waals surface area (Å²) in [6.45, 7) is 29.5. The van der Waals surface area contributed by atoms with E-state index in [9.17, 15) is 48.3 Å². The van der Waals surface area contributed by atoms with Crippen molar-refractivity contribution in [3.8, 4) is 0 Å². The molecule has 0 aromatic rings. The third kappa shape index (κ3) is 21.9. The Kier molecular flexibility index (Phi) is 32.3. The Morgan fingerprint density at radius 2 is 0.884 bits per heavy atom. The highest BCUT2D eigenvalue weighted by atomic mass is 16.3. The van der Waals surface area contributed by atoms with E-state index in [0.29, 0.717) is 12.8 Å². The number of likely N-dealkylation sites (N-methyl/N-ethyl adjacent to an activating group) is 7. The van der Waals surface area contributed by atoms with Crippen molar-refractivity contribution in [1.82, 2.24) is 55.6 Å². The van der Waals surface area contributed by atoms with E-state index >= 15 is 9.59 Å². The molecule has 1 saturated heterocycles. The van der Waals surface area contributed by atoms with Gasteiger partial charge in [0.2, 0.25) is 65.0 Å². The van der Waals surface area contributed by atoms with Gasteiger partial charge in [0.05, 0.1) is 12.6 Å². The minimum Gasteiger partial charge on any atom is -0.390 e. The minimum atomic E-state index is -1.61. The fraction of sp³-hybridized carbons (Fsp3) is 0.794. The molecule has 0 aromatic carbocycles. The van der Waals surface area contributed by atoms with Gasteiger partial charge in [0.1, 0.15) is 60.4 Å². The Balaban J connectivity index is 4.36. The summed E-state index contributed by atoms with van der Waals surface area (Å²) in [7, 11) is 9.95. The lowest BCUT2D eigenvalue weighted by atomic mass is 9.91. The minimum absolute atomic E-state index is 0.0923. The number of nitrogens with one attached hydrogen (secondary N) is 4. The number of hydrogen-bond acceptors (Lipinski definition) is 12. The van der Waals surface area contributed by atoms with Gasteiger partial charge in [0.25, 0.3) is 0 Å². The molecule has 0 saturated carbocycles. The van der Waals surface area contributed by atoms with Gasteiger partial charge in [0.15, 0.2) is 0 Å². The number of aliphatic hydroxyl groups is 1. The molecule has 1 rings (SSSR count). The molecule has 0 radical (unpaired) electrons. The first-order chi connectivity index (χ1) is 39.7. The molecule has 1 heterocycles. The number of rotatable bonds is 16. The van der Waals surface area contributed by atoms with Gasteiger partial charge in [-0.05, 0) is 101 Å². The van der Waals surface area contributed by atoms with Crippen LogP contribution in [-0.2, 0) is 52.7 Å². The number of amides is 11. The fourth-order valence-corrected chi connectivity index (χ4v) is 10.9. The molecule has 5 N–H and O–H groups in total. The van der Waals surface area contributed by atoms with Crippen LogP contribution in [0.1, 0.15) is 163 Å². The van der Waals surface area contributed by atoms with Gasteiger partial charge in [-0.1, -0.05) is 116 Å². The first-order valence-electron chi connectivity index (χ1n) is 31.1. The van der Waals surface area contributed by atoms with Gasteiger partial charge in [-0.2, -0.15) is 0 Å². The van der Waals surface area contributed by atoms with Crippen LogP contribution < -0.4 is 21.3 Å². The van der Waals surface area contributed by atoms with Crippen LogP contribution in [0.4, 0.5) is 0 Å². The molecule has 0 aromatic heterocycles. The van der Waals surface area contributed by atoms with Crippen molar-refractivity contribution in [3.63, 3.8) is 0 Å². The van der Waals surface area contributed by atoms with E-state index < -0.39 is 156 Å². The number of hydrogen-bond donors (Lipinski definition) is 5. The Morgan fingerprint density at radius 3 is 1.34 bits per heavy atom. The third-order valence-corrected chi connectivity index (χ3v) is 16.2. The van der Waals surface area contributed by atoms with Crippen LogP contribution in [0.5, 0.6) is 0 Å². The van der Waals surface area contributed by atoms with Crippen LogP contribution in [0, 0.1) is 41.4 Å². The molecule has 12 atom stereocenters. The van der Waals surface area contributed by atoms with Gasteiger partial charge >= 0.3 is 0 Å². The zero-order valence-electron chi connectivity index (χ0n) is 56.8. The molecule has 23 nitrogen and oxygen atoms in total. The highest BCUT2D eigenvalue weighted by Crippen LogP contribution is 2.26. The van der Waals surface area contributed by atoms with Crippen LogP contribution in [0.15, 0.2) is 12.2 Å². The second kappa shape index (κ2) is 35.6. The smallest absolute Gasteiger partial charge is 0.246 e. The first kappa shape index (κ1) is 77.9. The second-order valence-corrected chi connectivity index (χ2v) is 26.5. The Hall–Kier alpha value is -6.13. The summed E-state index contributed by atoms with van der Waals surface area (Å²) >= 11 is 0. The van der Waals surface area contributed by atoms with Gasteiger partial charge in [-0.25, -0.2) is 0 Å². The van der Waals surface area contributed by atoms with Gasteiger partial charge in [-0.15, -0.1) is 0 Å². The number of nitrogens with zero attached hydrogens (tertiary/aromatic N) is 7. The average Bonchev–Trinajstić information content (AvgIpc) is 3.10. The molecular weight excluding hydrogens is 1100 g/mol. The third-order valence-electron chi connectivity index (χ3n) is 16.2. The van der Waals surface area contributed by atoms with Crippen molar-refractivity contribution in [2.45, 2.75) is 229 Å². The van der Waals surface area contributed by atoms with Gasteiger partial charge in [-0.3, -0.25) is 52.7 Å². The van der Waals surface area contributed by atoms with Gasteiger partial charge < -0.3 is 60.7 Å². The van der Waals surface area contributed by atoms with Crippen molar-refractivity contribution in [2.75, 3.05) is 55.9 Å². The Labute approximate surface area is 515 Å². The summed E-state index contributed by atoms with van der Waals surface area (Å²) < 4.78 is 0. The molecule has 0 aliphatic carbocycles. The van der Waals surface area contributed by atoms with E-state index in [-0.39, 0.29) is 55.8 Å². The van der Waals surface area contributed by atoms with Crippen LogP contribution in [0.25, 0.3) is 0 Å². The van der Waals surface area contributed by atoms with E-state index in [4.69, 9.17) is 0 Å². The van der Waals surface area contributed by atoms with E-state index in [2.05, 4.69) is 21.3 Å². The quantitative estimate of drug-likeness (QED) is 0.139. The standard InChI is InChI=1S/C63H113N11O12/c1-25-27-29-41(15)53(76)52-57(80)66-44(28-26-2)59(82)68(18)34-49(75)69(19)45(30-35(3)4)56(79)67-50(39(11)12)62(85)70(20)46(31-36(5)6)55(78)64-42(16)54(77)65-43(17)58(81)71(21)47(32-37(7)8)60(83)72(22)48(33-38(9)10)61(84)73(23)51(40(13)14)63(86)74(52)24/h25,27,35-48,50-53,76H,26,28-34H2,1-24H3,(H,64,78)(H,65,77)(H,66,80)(H,67,79)/b27-25+. The lowest BCUT2D eigenvalue weighted by Crippen LogP contribution is -2.63. The molecule has 1 aliphatic heterocycles.